The molecule has 3 aliphatic rings. The summed E-state index contributed by atoms with van der Waals surface area (Å²) in [5.41, 5.74) is 2.34. The number of hydrogen-bond donors (Lipinski definition) is 2. The molecule has 1 saturated carbocycles. The SMILES string of the molecule is O=C(c1[nH]c2ccc(F)cc2c1-c1cn(CC2CCN(CCNS(=O)(=O)N3CCC(c4c(F)cccc4F)CC3)CC2)nn1)C1CC1. The highest BCUT2D eigenvalue weighted by Crippen LogP contribution is 2.39. The standard InChI is InChI=1S/C33H38F3N7O3S/c34-24-6-7-28-25(18-24)31(32(38-28)33(44)23-4-5-23)29-20-42(40-39-29)19-21-8-13-41(14-9-21)17-12-37-47(45,46)43-15-10-22(11-16-43)30-26(35)2-1-3-27(30)36/h1-3,6-7,18,20-23,37-38H,4-5,8-17,19H2. The van der Waals surface area contributed by atoms with Gasteiger partial charge in [0.2, 0.25) is 0 Å². The minimum absolute atomic E-state index is 0.00100. The van der Waals surface area contributed by atoms with Gasteiger partial charge < -0.3 is 9.88 Å². The highest BCUT2D eigenvalue weighted by molar-refractivity contribution is 7.87. The summed E-state index contributed by atoms with van der Waals surface area (Å²) in [6, 6.07) is 8.25. The Balaban J connectivity index is 0.890. The van der Waals surface area contributed by atoms with Gasteiger partial charge in [0.1, 0.15) is 23.1 Å². The molecule has 0 atom stereocenters. The number of Topliss-reactive ketones (excluding diaryl/α,β-unsaturated/α-hetero) is 1. The molecule has 10 nitrogen and oxygen atoms in total. The number of aromatic nitrogens is 4. The number of likely N-dealkylation sites (tertiary alicyclic amines) is 1. The average Bonchev–Trinajstić information content (AvgIpc) is 3.70. The molecule has 0 radical (unpaired) electrons. The number of ketones is 1. The third-order valence-corrected chi connectivity index (χ3v) is 11.4. The first-order chi connectivity index (χ1) is 22.7. The number of nitrogens with one attached hydrogen (secondary N) is 2. The quantitative estimate of drug-likeness (QED) is 0.221. The first-order valence-corrected chi connectivity index (χ1v) is 17.8. The van der Waals surface area contributed by atoms with Crippen LogP contribution in [0.3, 0.4) is 0 Å². The molecule has 0 unspecified atom stereocenters. The molecule has 4 heterocycles. The lowest BCUT2D eigenvalue weighted by Gasteiger charge is -2.33. The average molecular weight is 670 g/mol. The molecule has 2 aromatic heterocycles. The Morgan fingerprint density at radius 1 is 0.957 bits per heavy atom. The van der Waals surface area contributed by atoms with Crippen LogP contribution in [0.2, 0.25) is 0 Å². The molecular weight excluding hydrogens is 631 g/mol. The Hall–Kier alpha value is -3.59. The van der Waals surface area contributed by atoms with Crippen LogP contribution < -0.4 is 4.72 Å². The monoisotopic (exact) mass is 669 g/mol. The van der Waals surface area contributed by atoms with E-state index in [1.165, 1.54) is 34.6 Å². The molecule has 1 aliphatic carbocycles. The zero-order chi connectivity index (χ0) is 32.7. The lowest BCUT2D eigenvalue weighted by molar-refractivity contribution is 0.0964. The first-order valence-electron chi connectivity index (χ1n) is 16.3. The fraction of sp³-hybridized carbons (Fsp3) is 0.485. The van der Waals surface area contributed by atoms with Crippen LogP contribution >= 0.6 is 0 Å². The molecular formula is C33H38F3N7O3S. The number of fused-ring (bicyclic) bond motifs is 1. The van der Waals surface area contributed by atoms with Crippen LogP contribution in [0, 0.1) is 29.3 Å². The van der Waals surface area contributed by atoms with E-state index in [0.29, 0.717) is 59.7 Å². The van der Waals surface area contributed by atoms with Crippen LogP contribution in [0.5, 0.6) is 0 Å². The van der Waals surface area contributed by atoms with Gasteiger partial charge in [-0.1, -0.05) is 11.3 Å². The van der Waals surface area contributed by atoms with Crippen molar-refractivity contribution in [3.05, 3.63) is 71.3 Å². The fourth-order valence-corrected chi connectivity index (χ4v) is 8.26. The van der Waals surface area contributed by atoms with Crippen LogP contribution in [0.25, 0.3) is 22.2 Å². The van der Waals surface area contributed by atoms with E-state index in [4.69, 9.17) is 0 Å². The van der Waals surface area contributed by atoms with Gasteiger partial charge in [-0.25, -0.2) is 17.9 Å². The highest BCUT2D eigenvalue weighted by Gasteiger charge is 2.35. The summed E-state index contributed by atoms with van der Waals surface area (Å²) in [6.07, 6.45) is 6.09. The Kier molecular flexibility index (Phi) is 8.94. The van der Waals surface area contributed by atoms with E-state index in [9.17, 15) is 26.4 Å². The summed E-state index contributed by atoms with van der Waals surface area (Å²) < 4.78 is 74.3. The minimum atomic E-state index is -3.70. The van der Waals surface area contributed by atoms with Crippen LogP contribution in [0.15, 0.2) is 42.6 Å². The molecule has 0 spiro atoms. The fourth-order valence-electron chi connectivity index (χ4n) is 7.03. The van der Waals surface area contributed by atoms with Gasteiger partial charge in [-0.3, -0.25) is 9.48 Å². The summed E-state index contributed by atoms with van der Waals surface area (Å²) in [7, 11) is -3.70. The third kappa shape index (κ3) is 6.87. The van der Waals surface area contributed by atoms with E-state index in [-0.39, 0.29) is 48.6 Å². The maximum atomic E-state index is 14.2. The first kappa shape index (κ1) is 32.0. The molecule has 2 saturated heterocycles. The zero-order valence-electron chi connectivity index (χ0n) is 26.0. The van der Waals surface area contributed by atoms with Crippen LogP contribution in [0.1, 0.15) is 60.5 Å². The van der Waals surface area contributed by atoms with Gasteiger partial charge in [0, 0.05) is 60.7 Å². The number of piperidine rings is 2. The summed E-state index contributed by atoms with van der Waals surface area (Å²) in [5.74, 6) is -1.52. The van der Waals surface area contributed by atoms with Crippen molar-refractivity contribution in [2.75, 3.05) is 39.3 Å². The highest BCUT2D eigenvalue weighted by atomic mass is 32.2. The van der Waals surface area contributed by atoms with Crippen molar-refractivity contribution in [3.8, 4) is 11.3 Å². The Labute approximate surface area is 271 Å². The molecule has 250 valence electrons. The predicted octanol–water partition coefficient (Wildman–Crippen LogP) is 4.86. The normalized spacial score (nSPS) is 19.1. The van der Waals surface area contributed by atoms with Gasteiger partial charge in [0.05, 0.1) is 11.9 Å². The van der Waals surface area contributed by atoms with Crippen molar-refractivity contribution in [1.29, 1.82) is 0 Å². The van der Waals surface area contributed by atoms with E-state index in [2.05, 4.69) is 24.9 Å². The van der Waals surface area contributed by atoms with E-state index in [1.807, 2.05) is 6.20 Å². The summed E-state index contributed by atoms with van der Waals surface area (Å²) in [5, 5.41) is 9.34. The van der Waals surface area contributed by atoms with E-state index >= 15 is 0 Å². The molecule has 0 amide bonds. The topological polar surface area (TPSA) is 116 Å². The molecule has 0 bridgehead atoms. The number of H-pyrrole nitrogens is 1. The number of halogens is 3. The van der Waals surface area contributed by atoms with Crippen molar-refractivity contribution in [1.82, 2.24) is 33.9 Å². The summed E-state index contributed by atoms with van der Waals surface area (Å²) in [4.78, 5) is 18.5. The second-order valence-corrected chi connectivity index (χ2v) is 14.8. The van der Waals surface area contributed by atoms with Gasteiger partial charge in [0.15, 0.2) is 5.78 Å². The number of nitrogens with zero attached hydrogens (tertiary/aromatic N) is 5. The van der Waals surface area contributed by atoms with Gasteiger partial charge in [-0.15, -0.1) is 5.10 Å². The lowest BCUT2D eigenvalue weighted by Crippen LogP contribution is -2.47. The molecule has 2 N–H and O–H groups in total. The smallest absolute Gasteiger partial charge is 0.279 e. The van der Waals surface area contributed by atoms with Crippen LogP contribution in [-0.2, 0) is 16.8 Å². The van der Waals surface area contributed by atoms with Crippen molar-refractivity contribution in [3.63, 3.8) is 0 Å². The summed E-state index contributed by atoms with van der Waals surface area (Å²) >= 11 is 0. The maximum Gasteiger partial charge on any atom is 0.279 e. The summed E-state index contributed by atoms with van der Waals surface area (Å²) in [6.45, 7) is 3.55. The van der Waals surface area contributed by atoms with Crippen molar-refractivity contribution in [2.24, 2.45) is 11.8 Å². The van der Waals surface area contributed by atoms with Gasteiger partial charge >= 0.3 is 0 Å². The minimum Gasteiger partial charge on any atom is -0.352 e. The number of carbonyl (C=O) groups excluding carboxylic acids is 1. The number of rotatable bonds is 11. The molecule has 2 aromatic carbocycles. The second kappa shape index (κ2) is 13.1. The number of carbonyl (C=O) groups is 1. The van der Waals surface area contributed by atoms with Crippen molar-refractivity contribution in [2.45, 2.75) is 51.0 Å². The Morgan fingerprint density at radius 2 is 1.68 bits per heavy atom. The number of hydrogen-bond acceptors (Lipinski definition) is 6. The van der Waals surface area contributed by atoms with Gasteiger partial charge in [-0.05, 0) is 93.8 Å². The Bertz CT molecular complexity index is 1850. The van der Waals surface area contributed by atoms with Crippen LogP contribution in [-0.4, -0.2) is 82.7 Å². The number of benzene rings is 2. The number of aromatic amines is 1. The second-order valence-electron chi connectivity index (χ2n) is 13.0. The zero-order valence-corrected chi connectivity index (χ0v) is 26.8. The van der Waals surface area contributed by atoms with Crippen LogP contribution in [0.4, 0.5) is 13.2 Å². The van der Waals surface area contributed by atoms with E-state index in [0.717, 1.165) is 38.8 Å². The van der Waals surface area contributed by atoms with E-state index in [1.54, 1.807) is 10.7 Å². The Morgan fingerprint density at radius 3 is 2.38 bits per heavy atom. The van der Waals surface area contributed by atoms with Gasteiger partial charge in [-0.2, -0.15) is 12.7 Å². The largest absolute Gasteiger partial charge is 0.352 e. The molecule has 4 aromatic rings. The van der Waals surface area contributed by atoms with Crippen molar-refractivity contribution >= 4 is 26.9 Å². The lowest BCUT2D eigenvalue weighted by atomic mass is 9.89. The molecule has 14 heteroatoms. The molecule has 2 aliphatic heterocycles. The predicted molar refractivity (Wildman–Crippen MR) is 170 cm³/mol. The molecule has 7 rings (SSSR count). The maximum absolute atomic E-state index is 14.2. The third-order valence-electron chi connectivity index (χ3n) is 9.82. The van der Waals surface area contributed by atoms with Crippen molar-refractivity contribution < 1.29 is 26.4 Å². The van der Waals surface area contributed by atoms with E-state index < -0.39 is 21.8 Å². The molecule has 3 fully saturated rings. The molecule has 47 heavy (non-hydrogen) atoms. The van der Waals surface area contributed by atoms with Gasteiger partial charge in [0.25, 0.3) is 10.2 Å².